The molecule has 0 aliphatic rings. The average molecular weight is 419 g/mol. The molecule has 2 aromatic rings. The molecule has 154 valence electrons. The SMILES string of the molecule is CNC(=O)CNC(=O)COC(=O)c1ccc(S(=O)(=O)Nc2ccc(C)cc2)cc1. The van der Waals surface area contributed by atoms with Crippen molar-refractivity contribution in [3.63, 3.8) is 0 Å². The molecule has 2 amide bonds. The number of ether oxygens (including phenoxy) is 1. The normalized spacial score (nSPS) is 10.7. The molecule has 0 unspecified atom stereocenters. The average Bonchev–Trinajstić information content (AvgIpc) is 2.71. The van der Waals surface area contributed by atoms with Gasteiger partial charge in [-0.2, -0.15) is 0 Å². The summed E-state index contributed by atoms with van der Waals surface area (Å²) in [6.45, 7) is 1.10. The minimum atomic E-state index is -3.82. The van der Waals surface area contributed by atoms with E-state index in [9.17, 15) is 22.8 Å². The largest absolute Gasteiger partial charge is 0.452 e. The summed E-state index contributed by atoms with van der Waals surface area (Å²) in [5.41, 5.74) is 1.50. The fourth-order valence-corrected chi connectivity index (χ4v) is 3.20. The van der Waals surface area contributed by atoms with Crippen LogP contribution in [0.15, 0.2) is 53.4 Å². The number of likely N-dealkylation sites (N-methyl/N-ethyl adjacent to an activating group) is 1. The summed E-state index contributed by atoms with van der Waals surface area (Å²) >= 11 is 0. The Morgan fingerprint density at radius 2 is 1.55 bits per heavy atom. The second-order valence-electron chi connectivity index (χ2n) is 6.02. The first-order valence-corrected chi connectivity index (χ1v) is 10.0. The van der Waals surface area contributed by atoms with Crippen LogP contribution in [-0.4, -0.2) is 46.4 Å². The molecule has 0 spiro atoms. The molecule has 0 saturated heterocycles. The van der Waals surface area contributed by atoms with Gasteiger partial charge in [0.1, 0.15) is 0 Å². The van der Waals surface area contributed by atoms with E-state index in [4.69, 9.17) is 4.74 Å². The lowest BCUT2D eigenvalue weighted by molar-refractivity contribution is -0.127. The van der Waals surface area contributed by atoms with E-state index in [1.807, 2.05) is 6.92 Å². The van der Waals surface area contributed by atoms with Crippen LogP contribution in [-0.2, 0) is 24.3 Å². The molecule has 10 heteroatoms. The highest BCUT2D eigenvalue weighted by Crippen LogP contribution is 2.17. The Hall–Kier alpha value is -3.40. The summed E-state index contributed by atoms with van der Waals surface area (Å²) in [5.74, 6) is -1.82. The number of aryl methyl sites for hydroxylation is 1. The van der Waals surface area contributed by atoms with Gasteiger partial charge in [0.2, 0.25) is 5.91 Å². The van der Waals surface area contributed by atoms with Crippen molar-refractivity contribution >= 4 is 33.5 Å². The lowest BCUT2D eigenvalue weighted by Gasteiger charge is -2.09. The van der Waals surface area contributed by atoms with Crippen molar-refractivity contribution in [1.29, 1.82) is 0 Å². The van der Waals surface area contributed by atoms with Crippen molar-refractivity contribution in [3.8, 4) is 0 Å². The second kappa shape index (κ2) is 9.69. The maximum absolute atomic E-state index is 12.4. The third-order valence-corrected chi connectivity index (χ3v) is 5.16. The molecule has 0 heterocycles. The van der Waals surface area contributed by atoms with Gasteiger partial charge < -0.3 is 15.4 Å². The van der Waals surface area contributed by atoms with Crippen LogP contribution in [0.5, 0.6) is 0 Å². The Kier molecular flexibility index (Phi) is 7.32. The summed E-state index contributed by atoms with van der Waals surface area (Å²) in [7, 11) is -2.39. The molecule has 2 rings (SSSR count). The van der Waals surface area contributed by atoms with Gasteiger partial charge in [0, 0.05) is 12.7 Å². The molecule has 0 aromatic heterocycles. The van der Waals surface area contributed by atoms with Crippen molar-refractivity contribution in [1.82, 2.24) is 10.6 Å². The van der Waals surface area contributed by atoms with Crippen LogP contribution in [0.1, 0.15) is 15.9 Å². The molecule has 29 heavy (non-hydrogen) atoms. The van der Waals surface area contributed by atoms with Gasteiger partial charge in [0.25, 0.3) is 15.9 Å². The molecule has 0 bridgehead atoms. The number of hydrogen-bond donors (Lipinski definition) is 3. The summed E-state index contributed by atoms with van der Waals surface area (Å²) in [6, 6.07) is 12.0. The number of hydrogen-bond acceptors (Lipinski definition) is 6. The Morgan fingerprint density at radius 1 is 0.931 bits per heavy atom. The van der Waals surface area contributed by atoms with Gasteiger partial charge in [-0.25, -0.2) is 13.2 Å². The van der Waals surface area contributed by atoms with E-state index < -0.39 is 28.5 Å². The number of benzene rings is 2. The van der Waals surface area contributed by atoms with E-state index >= 15 is 0 Å². The summed E-state index contributed by atoms with van der Waals surface area (Å²) in [6.07, 6.45) is 0. The van der Waals surface area contributed by atoms with Gasteiger partial charge in [0.15, 0.2) is 6.61 Å². The number of sulfonamides is 1. The Labute approximate surface area is 168 Å². The van der Waals surface area contributed by atoms with Gasteiger partial charge in [-0.1, -0.05) is 17.7 Å². The number of carbonyl (C=O) groups excluding carboxylic acids is 3. The van der Waals surface area contributed by atoms with Crippen LogP contribution in [0.2, 0.25) is 0 Å². The smallest absolute Gasteiger partial charge is 0.338 e. The first kappa shape index (κ1) is 21.9. The van der Waals surface area contributed by atoms with Crippen molar-refractivity contribution in [2.75, 3.05) is 24.9 Å². The molecule has 0 aliphatic carbocycles. The topological polar surface area (TPSA) is 131 Å². The van der Waals surface area contributed by atoms with E-state index in [0.29, 0.717) is 5.69 Å². The van der Waals surface area contributed by atoms with E-state index in [-0.39, 0.29) is 22.9 Å². The third-order valence-electron chi connectivity index (χ3n) is 3.76. The predicted molar refractivity (Wildman–Crippen MR) is 106 cm³/mol. The van der Waals surface area contributed by atoms with Crippen molar-refractivity contribution in [2.45, 2.75) is 11.8 Å². The summed E-state index contributed by atoms with van der Waals surface area (Å²) in [5, 5.41) is 4.61. The van der Waals surface area contributed by atoms with E-state index in [0.717, 1.165) is 5.56 Å². The molecular weight excluding hydrogens is 398 g/mol. The van der Waals surface area contributed by atoms with Gasteiger partial charge >= 0.3 is 5.97 Å². The van der Waals surface area contributed by atoms with Gasteiger partial charge in [-0.15, -0.1) is 0 Å². The highest BCUT2D eigenvalue weighted by Gasteiger charge is 2.16. The summed E-state index contributed by atoms with van der Waals surface area (Å²) in [4.78, 5) is 34.5. The van der Waals surface area contributed by atoms with Crippen molar-refractivity contribution in [3.05, 3.63) is 59.7 Å². The maximum atomic E-state index is 12.4. The molecule has 0 aliphatic heterocycles. The zero-order valence-corrected chi connectivity index (χ0v) is 16.7. The quantitative estimate of drug-likeness (QED) is 0.543. The van der Waals surface area contributed by atoms with Crippen molar-refractivity contribution in [2.24, 2.45) is 0 Å². The molecule has 0 fully saturated rings. The highest BCUT2D eigenvalue weighted by molar-refractivity contribution is 7.92. The first-order valence-electron chi connectivity index (χ1n) is 8.55. The van der Waals surface area contributed by atoms with E-state index in [1.54, 1.807) is 24.3 Å². The highest BCUT2D eigenvalue weighted by atomic mass is 32.2. The van der Waals surface area contributed by atoms with Crippen LogP contribution in [0.25, 0.3) is 0 Å². The van der Waals surface area contributed by atoms with Gasteiger partial charge in [-0.3, -0.25) is 14.3 Å². The van der Waals surface area contributed by atoms with Gasteiger partial charge in [0.05, 0.1) is 17.0 Å². The Balaban J connectivity index is 1.94. The fourth-order valence-electron chi connectivity index (χ4n) is 2.14. The summed E-state index contributed by atoms with van der Waals surface area (Å²) < 4.78 is 32.1. The van der Waals surface area contributed by atoms with Crippen LogP contribution < -0.4 is 15.4 Å². The van der Waals surface area contributed by atoms with E-state index in [1.165, 1.54) is 31.3 Å². The second-order valence-corrected chi connectivity index (χ2v) is 7.70. The third kappa shape index (κ3) is 6.61. The molecule has 2 aromatic carbocycles. The molecular formula is C19H21N3O6S. The molecule has 0 saturated carbocycles. The molecule has 0 radical (unpaired) electrons. The zero-order chi connectivity index (χ0) is 21.4. The minimum absolute atomic E-state index is 0.0297. The van der Waals surface area contributed by atoms with Crippen LogP contribution in [0.3, 0.4) is 0 Å². The lowest BCUT2D eigenvalue weighted by Crippen LogP contribution is -2.37. The molecule has 3 N–H and O–H groups in total. The first-order chi connectivity index (χ1) is 13.7. The Bertz CT molecular complexity index is 986. The lowest BCUT2D eigenvalue weighted by atomic mass is 10.2. The standard InChI is InChI=1S/C19H21N3O6S/c1-13-3-7-15(8-4-13)22-29(26,27)16-9-5-14(6-10-16)19(25)28-12-18(24)21-11-17(23)20-2/h3-10,22H,11-12H2,1-2H3,(H,20,23)(H,21,24). The maximum Gasteiger partial charge on any atom is 0.338 e. The van der Waals surface area contributed by atoms with Crippen molar-refractivity contribution < 1.29 is 27.5 Å². The fraction of sp³-hybridized carbons (Fsp3) is 0.211. The number of anilines is 1. The van der Waals surface area contributed by atoms with Crippen LogP contribution >= 0.6 is 0 Å². The monoisotopic (exact) mass is 419 g/mol. The predicted octanol–water partition coefficient (Wildman–Crippen LogP) is 0.815. The molecule has 9 nitrogen and oxygen atoms in total. The minimum Gasteiger partial charge on any atom is -0.452 e. The Morgan fingerprint density at radius 3 is 2.14 bits per heavy atom. The number of nitrogens with one attached hydrogen (secondary N) is 3. The van der Waals surface area contributed by atoms with E-state index in [2.05, 4.69) is 15.4 Å². The van der Waals surface area contributed by atoms with Crippen LogP contribution in [0, 0.1) is 6.92 Å². The number of rotatable bonds is 8. The van der Waals surface area contributed by atoms with Crippen LogP contribution in [0.4, 0.5) is 5.69 Å². The zero-order valence-electron chi connectivity index (χ0n) is 15.9. The van der Waals surface area contributed by atoms with Gasteiger partial charge in [-0.05, 0) is 43.3 Å². The number of esters is 1. The molecule has 0 atom stereocenters. The number of amides is 2. The number of carbonyl (C=O) groups is 3.